The summed E-state index contributed by atoms with van der Waals surface area (Å²) in [5, 5.41) is 0. The second kappa shape index (κ2) is 5.75. The van der Waals surface area contributed by atoms with Gasteiger partial charge in [-0.25, -0.2) is 4.79 Å². The lowest BCUT2D eigenvalue weighted by Crippen LogP contribution is -2.06. The molecule has 0 heterocycles. The van der Waals surface area contributed by atoms with Crippen LogP contribution in [0.1, 0.15) is 17.3 Å². The van der Waals surface area contributed by atoms with Crippen molar-refractivity contribution in [3.8, 4) is 11.5 Å². The number of methoxy groups -OCH3 is 2. The van der Waals surface area contributed by atoms with Gasteiger partial charge in [-0.3, -0.25) is 0 Å². The van der Waals surface area contributed by atoms with Gasteiger partial charge in [0.2, 0.25) is 0 Å². The summed E-state index contributed by atoms with van der Waals surface area (Å²) in [4.78, 5) is 11.6. The van der Waals surface area contributed by atoms with E-state index in [2.05, 4.69) is 15.9 Å². The van der Waals surface area contributed by atoms with Gasteiger partial charge in [-0.2, -0.15) is 0 Å². The Bertz CT molecular complexity index is 390. The van der Waals surface area contributed by atoms with Crippen molar-refractivity contribution >= 4 is 21.9 Å². The molecule has 0 saturated carbocycles. The number of rotatable bonds is 4. The monoisotopic (exact) mass is 288 g/mol. The van der Waals surface area contributed by atoms with Gasteiger partial charge < -0.3 is 14.2 Å². The van der Waals surface area contributed by atoms with Crippen LogP contribution in [0, 0.1) is 0 Å². The summed E-state index contributed by atoms with van der Waals surface area (Å²) in [6, 6.07) is 3.29. The minimum absolute atomic E-state index is 0.333. The summed E-state index contributed by atoms with van der Waals surface area (Å²) in [6.07, 6.45) is 0. The summed E-state index contributed by atoms with van der Waals surface area (Å²) >= 11 is 3.30. The van der Waals surface area contributed by atoms with Gasteiger partial charge in [-0.1, -0.05) is 0 Å². The topological polar surface area (TPSA) is 44.8 Å². The summed E-state index contributed by atoms with van der Waals surface area (Å²) in [6.45, 7) is 2.09. The predicted octanol–water partition coefficient (Wildman–Crippen LogP) is 2.64. The maximum atomic E-state index is 11.6. The summed E-state index contributed by atoms with van der Waals surface area (Å²) < 4.78 is 15.7. The van der Waals surface area contributed by atoms with Gasteiger partial charge >= 0.3 is 5.97 Å². The Morgan fingerprint density at radius 2 is 2.00 bits per heavy atom. The van der Waals surface area contributed by atoms with Crippen LogP contribution >= 0.6 is 15.9 Å². The maximum Gasteiger partial charge on any atom is 0.339 e. The lowest BCUT2D eigenvalue weighted by atomic mass is 10.2. The molecule has 0 N–H and O–H groups in total. The van der Waals surface area contributed by atoms with Gasteiger partial charge in [0, 0.05) is 0 Å². The van der Waals surface area contributed by atoms with E-state index in [9.17, 15) is 4.79 Å². The Labute approximate surface area is 103 Å². The number of halogens is 1. The van der Waals surface area contributed by atoms with Crippen LogP contribution in [-0.2, 0) is 4.74 Å². The minimum Gasteiger partial charge on any atom is -0.493 e. The van der Waals surface area contributed by atoms with E-state index in [1.165, 1.54) is 14.2 Å². The lowest BCUT2D eigenvalue weighted by molar-refractivity contribution is 0.0524. The third-order valence-corrected chi connectivity index (χ3v) is 2.77. The molecule has 0 bridgehead atoms. The molecular weight excluding hydrogens is 276 g/mol. The van der Waals surface area contributed by atoms with Crippen molar-refractivity contribution in [2.45, 2.75) is 6.92 Å². The van der Waals surface area contributed by atoms with Crippen molar-refractivity contribution in [2.75, 3.05) is 20.8 Å². The number of benzene rings is 1. The molecule has 0 atom stereocenters. The van der Waals surface area contributed by atoms with Crippen molar-refractivity contribution < 1.29 is 19.0 Å². The highest BCUT2D eigenvalue weighted by atomic mass is 79.9. The average Bonchev–Trinajstić information content (AvgIpc) is 2.28. The number of hydrogen-bond acceptors (Lipinski definition) is 4. The highest BCUT2D eigenvalue weighted by Gasteiger charge is 2.18. The standard InChI is InChI=1S/C11H13BrO4/c1-4-16-11(13)7-5-6-8(14-2)10(15-3)9(7)12/h5-6H,4H2,1-3H3. The van der Waals surface area contributed by atoms with E-state index < -0.39 is 5.97 Å². The van der Waals surface area contributed by atoms with Crippen LogP contribution < -0.4 is 9.47 Å². The smallest absolute Gasteiger partial charge is 0.339 e. The molecule has 1 aromatic carbocycles. The van der Waals surface area contributed by atoms with Crippen LogP contribution in [0.15, 0.2) is 16.6 Å². The maximum absolute atomic E-state index is 11.6. The Hall–Kier alpha value is -1.23. The van der Waals surface area contributed by atoms with Gasteiger partial charge in [0.25, 0.3) is 0 Å². The van der Waals surface area contributed by atoms with Crippen LogP contribution in [0.5, 0.6) is 11.5 Å². The first-order valence-electron chi connectivity index (χ1n) is 4.73. The average molecular weight is 289 g/mol. The van der Waals surface area contributed by atoms with Crippen LogP contribution in [0.2, 0.25) is 0 Å². The predicted molar refractivity (Wildman–Crippen MR) is 63.2 cm³/mol. The molecule has 0 radical (unpaired) electrons. The van der Waals surface area contributed by atoms with E-state index in [1.807, 2.05) is 0 Å². The normalized spacial score (nSPS) is 9.75. The molecule has 88 valence electrons. The van der Waals surface area contributed by atoms with E-state index in [0.717, 1.165) is 0 Å². The molecule has 0 fully saturated rings. The number of carbonyl (C=O) groups is 1. The molecule has 4 nitrogen and oxygen atoms in total. The SMILES string of the molecule is CCOC(=O)c1ccc(OC)c(OC)c1Br. The van der Waals surface area contributed by atoms with E-state index in [0.29, 0.717) is 28.1 Å². The number of ether oxygens (including phenoxy) is 3. The van der Waals surface area contributed by atoms with Gasteiger partial charge in [0.1, 0.15) is 0 Å². The first-order valence-corrected chi connectivity index (χ1v) is 5.52. The zero-order valence-corrected chi connectivity index (χ0v) is 11.0. The van der Waals surface area contributed by atoms with Crippen molar-refractivity contribution in [1.82, 2.24) is 0 Å². The Morgan fingerprint density at radius 3 is 2.50 bits per heavy atom. The number of esters is 1. The highest BCUT2D eigenvalue weighted by Crippen LogP contribution is 2.37. The summed E-state index contributed by atoms with van der Waals surface area (Å²) in [7, 11) is 3.05. The third kappa shape index (κ3) is 2.47. The van der Waals surface area contributed by atoms with Gasteiger partial charge in [-0.15, -0.1) is 0 Å². The molecule has 5 heteroatoms. The quantitative estimate of drug-likeness (QED) is 0.799. The van der Waals surface area contributed by atoms with Crippen LogP contribution in [0.25, 0.3) is 0 Å². The Balaban J connectivity index is 3.18. The van der Waals surface area contributed by atoms with Crippen molar-refractivity contribution in [3.63, 3.8) is 0 Å². The molecule has 0 amide bonds. The zero-order chi connectivity index (χ0) is 12.1. The first-order chi connectivity index (χ1) is 7.65. The van der Waals surface area contributed by atoms with Gasteiger partial charge in [0.05, 0.1) is 30.9 Å². The van der Waals surface area contributed by atoms with Crippen molar-refractivity contribution in [2.24, 2.45) is 0 Å². The van der Waals surface area contributed by atoms with E-state index in [-0.39, 0.29) is 0 Å². The Kier molecular flexibility index (Phi) is 4.61. The molecule has 0 aromatic heterocycles. The number of hydrogen-bond donors (Lipinski definition) is 0. The van der Waals surface area contributed by atoms with E-state index in [1.54, 1.807) is 19.1 Å². The van der Waals surface area contributed by atoms with Crippen LogP contribution in [0.3, 0.4) is 0 Å². The summed E-state index contributed by atoms with van der Waals surface area (Å²) in [5.41, 5.74) is 0.416. The summed E-state index contributed by atoms with van der Waals surface area (Å²) in [5.74, 6) is 0.644. The fourth-order valence-corrected chi connectivity index (χ4v) is 1.91. The first kappa shape index (κ1) is 12.8. The van der Waals surface area contributed by atoms with Crippen LogP contribution in [0.4, 0.5) is 0 Å². The molecule has 1 rings (SSSR count). The van der Waals surface area contributed by atoms with Crippen molar-refractivity contribution in [3.05, 3.63) is 22.2 Å². The molecule has 0 aliphatic carbocycles. The lowest BCUT2D eigenvalue weighted by Gasteiger charge is -2.12. The Morgan fingerprint density at radius 1 is 1.31 bits per heavy atom. The van der Waals surface area contributed by atoms with Gasteiger partial charge in [-0.05, 0) is 35.0 Å². The fraction of sp³-hybridized carbons (Fsp3) is 0.364. The van der Waals surface area contributed by atoms with Crippen molar-refractivity contribution in [1.29, 1.82) is 0 Å². The third-order valence-electron chi connectivity index (χ3n) is 1.98. The molecule has 1 aromatic rings. The molecular formula is C11H13BrO4. The molecule has 0 aliphatic heterocycles. The zero-order valence-electron chi connectivity index (χ0n) is 9.37. The minimum atomic E-state index is -0.393. The highest BCUT2D eigenvalue weighted by molar-refractivity contribution is 9.10. The second-order valence-electron chi connectivity index (χ2n) is 2.88. The van der Waals surface area contributed by atoms with E-state index >= 15 is 0 Å². The molecule has 0 saturated heterocycles. The molecule has 16 heavy (non-hydrogen) atoms. The molecule has 0 aliphatic rings. The second-order valence-corrected chi connectivity index (χ2v) is 3.68. The molecule has 0 unspecified atom stereocenters. The largest absolute Gasteiger partial charge is 0.493 e. The number of carbonyl (C=O) groups excluding carboxylic acids is 1. The molecule has 0 spiro atoms. The van der Waals surface area contributed by atoms with E-state index in [4.69, 9.17) is 14.2 Å². The van der Waals surface area contributed by atoms with Crippen LogP contribution in [-0.4, -0.2) is 26.8 Å². The fourth-order valence-electron chi connectivity index (χ4n) is 1.26. The van der Waals surface area contributed by atoms with Gasteiger partial charge in [0.15, 0.2) is 11.5 Å².